The van der Waals surface area contributed by atoms with Crippen LogP contribution in [0.25, 0.3) is 0 Å². The lowest BCUT2D eigenvalue weighted by Gasteiger charge is -2.18. The summed E-state index contributed by atoms with van der Waals surface area (Å²) in [5.41, 5.74) is 6.53. The molecule has 1 aliphatic heterocycles. The van der Waals surface area contributed by atoms with E-state index in [9.17, 15) is 9.59 Å². The number of hydrogen-bond donors (Lipinski definition) is 3. The molecule has 0 radical (unpaired) electrons. The van der Waals surface area contributed by atoms with Gasteiger partial charge in [0.15, 0.2) is 0 Å². The number of amides is 1. The first-order chi connectivity index (χ1) is 11.0. The quantitative estimate of drug-likeness (QED) is 0.688. The summed E-state index contributed by atoms with van der Waals surface area (Å²) >= 11 is 0. The van der Waals surface area contributed by atoms with E-state index in [0.717, 1.165) is 25.2 Å². The molecule has 3 rings (SSSR count). The standard InChI is InChI=1S/C14H19N7O2/c1-20-13(22)4-10(7-17-20)21-3-2-9(8-21)6-16-14(23)11-5-12(15)19-18-11/h4-5,7,9H,2-3,6,8H2,1H3,(H,16,23)(H3,15,18,19)/t9-/m0/s1. The lowest BCUT2D eigenvalue weighted by atomic mass is 10.1. The minimum Gasteiger partial charge on any atom is -0.382 e. The molecule has 0 bridgehead atoms. The molecule has 1 fully saturated rings. The molecule has 0 saturated carbocycles. The van der Waals surface area contributed by atoms with Gasteiger partial charge in [0.1, 0.15) is 11.5 Å². The van der Waals surface area contributed by atoms with Gasteiger partial charge in [-0.3, -0.25) is 14.7 Å². The largest absolute Gasteiger partial charge is 0.382 e. The fourth-order valence-corrected chi connectivity index (χ4v) is 2.65. The molecule has 2 aromatic heterocycles. The van der Waals surface area contributed by atoms with E-state index in [1.54, 1.807) is 19.3 Å². The minimum atomic E-state index is -0.220. The van der Waals surface area contributed by atoms with Crippen molar-refractivity contribution < 1.29 is 4.79 Å². The molecule has 3 heterocycles. The van der Waals surface area contributed by atoms with E-state index in [-0.39, 0.29) is 11.5 Å². The van der Waals surface area contributed by atoms with Crippen LogP contribution < -0.4 is 21.5 Å². The zero-order valence-corrected chi connectivity index (χ0v) is 12.8. The van der Waals surface area contributed by atoms with E-state index in [1.165, 1.54) is 10.7 Å². The predicted octanol–water partition coefficient (Wildman–Crippen LogP) is -0.658. The number of anilines is 2. The van der Waals surface area contributed by atoms with Gasteiger partial charge in [0.2, 0.25) is 0 Å². The normalized spacial score (nSPS) is 17.4. The zero-order valence-electron chi connectivity index (χ0n) is 12.8. The Kier molecular flexibility index (Phi) is 4.00. The molecule has 1 atom stereocenters. The monoisotopic (exact) mass is 317 g/mol. The topological polar surface area (TPSA) is 122 Å². The molecule has 122 valence electrons. The van der Waals surface area contributed by atoms with Crippen LogP contribution in [-0.2, 0) is 7.05 Å². The van der Waals surface area contributed by atoms with Gasteiger partial charge in [-0.1, -0.05) is 0 Å². The Labute approximate surface area is 132 Å². The first-order valence-electron chi connectivity index (χ1n) is 7.40. The second-order valence-corrected chi connectivity index (χ2v) is 5.69. The van der Waals surface area contributed by atoms with Gasteiger partial charge in [-0.05, 0) is 12.3 Å². The summed E-state index contributed by atoms with van der Waals surface area (Å²) in [6.45, 7) is 2.18. The molecule has 0 aliphatic carbocycles. The lowest BCUT2D eigenvalue weighted by Crippen LogP contribution is -2.31. The average Bonchev–Trinajstić information content (AvgIpc) is 3.17. The van der Waals surface area contributed by atoms with Crippen molar-refractivity contribution in [3.63, 3.8) is 0 Å². The van der Waals surface area contributed by atoms with Crippen LogP contribution >= 0.6 is 0 Å². The number of rotatable bonds is 4. The Balaban J connectivity index is 1.54. The van der Waals surface area contributed by atoms with E-state index in [4.69, 9.17) is 5.73 Å². The van der Waals surface area contributed by atoms with Crippen molar-refractivity contribution in [2.45, 2.75) is 6.42 Å². The summed E-state index contributed by atoms with van der Waals surface area (Å²) in [5.74, 6) is 0.395. The maximum Gasteiger partial charge on any atom is 0.269 e. The Morgan fingerprint density at radius 1 is 1.52 bits per heavy atom. The maximum absolute atomic E-state index is 11.9. The first kappa shape index (κ1) is 15.1. The molecule has 9 heteroatoms. The maximum atomic E-state index is 11.9. The fraction of sp³-hybridized carbons (Fsp3) is 0.429. The summed E-state index contributed by atoms with van der Waals surface area (Å²) in [4.78, 5) is 25.7. The summed E-state index contributed by atoms with van der Waals surface area (Å²) < 4.78 is 1.30. The number of aromatic amines is 1. The number of carbonyl (C=O) groups is 1. The molecule has 1 aliphatic rings. The third-order valence-corrected chi connectivity index (χ3v) is 4.00. The predicted molar refractivity (Wildman–Crippen MR) is 85.1 cm³/mol. The highest BCUT2D eigenvalue weighted by Gasteiger charge is 2.24. The van der Waals surface area contributed by atoms with Crippen LogP contribution in [0.2, 0.25) is 0 Å². The summed E-state index contributed by atoms with van der Waals surface area (Å²) in [5, 5.41) is 13.2. The summed E-state index contributed by atoms with van der Waals surface area (Å²) in [6.07, 6.45) is 2.64. The number of carbonyl (C=O) groups excluding carboxylic acids is 1. The van der Waals surface area contributed by atoms with Gasteiger partial charge < -0.3 is 16.0 Å². The first-order valence-corrected chi connectivity index (χ1v) is 7.40. The fourth-order valence-electron chi connectivity index (χ4n) is 2.65. The molecule has 0 spiro atoms. The van der Waals surface area contributed by atoms with Crippen LogP contribution in [0.4, 0.5) is 11.5 Å². The molecule has 1 saturated heterocycles. The number of nitrogens with one attached hydrogen (secondary N) is 2. The third kappa shape index (κ3) is 3.33. The zero-order chi connectivity index (χ0) is 16.4. The highest BCUT2D eigenvalue weighted by atomic mass is 16.2. The Hall–Kier alpha value is -2.84. The third-order valence-electron chi connectivity index (χ3n) is 4.00. The van der Waals surface area contributed by atoms with Gasteiger partial charge in [-0.15, -0.1) is 0 Å². The van der Waals surface area contributed by atoms with Crippen molar-refractivity contribution in [3.05, 3.63) is 34.4 Å². The molecule has 23 heavy (non-hydrogen) atoms. The van der Waals surface area contributed by atoms with Gasteiger partial charge in [0.05, 0.1) is 11.9 Å². The molecule has 4 N–H and O–H groups in total. The Morgan fingerprint density at radius 2 is 2.35 bits per heavy atom. The van der Waals surface area contributed by atoms with Crippen molar-refractivity contribution in [3.8, 4) is 0 Å². The van der Waals surface area contributed by atoms with Crippen molar-refractivity contribution >= 4 is 17.4 Å². The SMILES string of the molecule is Cn1ncc(N2CC[C@@H](CNC(=O)c3cc(N)n[nH]3)C2)cc1=O. The molecule has 0 unspecified atom stereocenters. The second-order valence-electron chi connectivity index (χ2n) is 5.69. The van der Waals surface area contributed by atoms with E-state index in [0.29, 0.717) is 24.0 Å². The lowest BCUT2D eigenvalue weighted by molar-refractivity contribution is 0.0943. The van der Waals surface area contributed by atoms with Gasteiger partial charge >= 0.3 is 0 Å². The van der Waals surface area contributed by atoms with Crippen LogP contribution in [0.1, 0.15) is 16.9 Å². The second kappa shape index (κ2) is 6.11. The molecule has 0 aromatic carbocycles. The Bertz CT molecular complexity index is 766. The van der Waals surface area contributed by atoms with E-state index in [2.05, 4.69) is 25.5 Å². The van der Waals surface area contributed by atoms with Crippen LogP contribution in [-0.4, -0.2) is 45.5 Å². The number of hydrogen-bond acceptors (Lipinski definition) is 6. The highest BCUT2D eigenvalue weighted by molar-refractivity contribution is 5.92. The van der Waals surface area contributed by atoms with Crippen LogP contribution in [0, 0.1) is 5.92 Å². The molecular formula is C14H19N7O2. The number of aryl methyl sites for hydroxylation is 1. The number of nitrogens with two attached hydrogens (primary N) is 1. The Morgan fingerprint density at radius 3 is 3.04 bits per heavy atom. The van der Waals surface area contributed by atoms with Crippen molar-refractivity contribution in [2.75, 3.05) is 30.3 Å². The van der Waals surface area contributed by atoms with E-state index >= 15 is 0 Å². The molecular weight excluding hydrogens is 298 g/mol. The van der Waals surface area contributed by atoms with Gasteiger partial charge in [-0.2, -0.15) is 10.2 Å². The number of nitrogens with zero attached hydrogens (tertiary/aromatic N) is 4. The van der Waals surface area contributed by atoms with Gasteiger partial charge in [0.25, 0.3) is 11.5 Å². The van der Waals surface area contributed by atoms with Gasteiger partial charge in [0, 0.05) is 38.8 Å². The number of H-pyrrole nitrogens is 1. The van der Waals surface area contributed by atoms with Crippen molar-refractivity contribution in [2.24, 2.45) is 13.0 Å². The van der Waals surface area contributed by atoms with Crippen LogP contribution in [0.3, 0.4) is 0 Å². The summed E-state index contributed by atoms with van der Waals surface area (Å²) in [7, 11) is 1.62. The smallest absolute Gasteiger partial charge is 0.269 e. The van der Waals surface area contributed by atoms with Crippen molar-refractivity contribution in [1.29, 1.82) is 0 Å². The molecule has 9 nitrogen and oxygen atoms in total. The van der Waals surface area contributed by atoms with E-state index < -0.39 is 0 Å². The molecule has 2 aromatic rings. The average molecular weight is 317 g/mol. The number of nitrogen functional groups attached to an aromatic ring is 1. The summed E-state index contributed by atoms with van der Waals surface area (Å²) in [6, 6.07) is 3.09. The van der Waals surface area contributed by atoms with Crippen LogP contribution in [0.15, 0.2) is 23.1 Å². The molecule has 1 amide bonds. The minimum absolute atomic E-state index is 0.129. The highest BCUT2D eigenvalue weighted by Crippen LogP contribution is 2.21. The van der Waals surface area contributed by atoms with Crippen molar-refractivity contribution in [1.82, 2.24) is 25.3 Å². The number of aromatic nitrogens is 4. The van der Waals surface area contributed by atoms with E-state index in [1.807, 2.05) is 0 Å². The van der Waals surface area contributed by atoms with Gasteiger partial charge in [-0.25, -0.2) is 4.68 Å². The van der Waals surface area contributed by atoms with Crippen LogP contribution in [0.5, 0.6) is 0 Å².